The lowest BCUT2D eigenvalue weighted by molar-refractivity contribution is -0.139. The topological polar surface area (TPSA) is 20.3 Å². The van der Waals surface area contributed by atoms with Gasteiger partial charge in [-0.1, -0.05) is 43.2 Å². The fourth-order valence-electron chi connectivity index (χ4n) is 3.93. The van der Waals surface area contributed by atoms with Gasteiger partial charge in [0, 0.05) is 13.1 Å². The minimum absolute atomic E-state index is 0.00757. The van der Waals surface area contributed by atoms with Gasteiger partial charge in [-0.15, -0.1) is 0 Å². The van der Waals surface area contributed by atoms with Gasteiger partial charge in [0.05, 0.1) is 11.0 Å². The predicted octanol–water partition coefficient (Wildman–Crippen LogP) is 4.70. The standard InChI is InChI=1S/C19H22F3NO/c1-14-7-11-23(12-8-14)17(24)18(9-2-3-10-18)15-5-4-6-16(13-15)19(20,21)22/h4-6,13H,1-3,7-12H2. The fourth-order valence-corrected chi connectivity index (χ4v) is 3.93. The second-order valence-electron chi connectivity index (χ2n) is 6.91. The molecule has 1 aromatic rings. The Morgan fingerprint density at radius 2 is 1.75 bits per heavy atom. The van der Waals surface area contributed by atoms with Crippen molar-refractivity contribution in [3.8, 4) is 0 Å². The highest BCUT2D eigenvalue weighted by Crippen LogP contribution is 2.44. The van der Waals surface area contributed by atoms with E-state index in [-0.39, 0.29) is 5.91 Å². The summed E-state index contributed by atoms with van der Waals surface area (Å²) in [5.41, 5.74) is 0.189. The van der Waals surface area contributed by atoms with Crippen molar-refractivity contribution in [3.63, 3.8) is 0 Å². The summed E-state index contributed by atoms with van der Waals surface area (Å²) in [6.07, 6.45) is 0.191. The molecule has 130 valence electrons. The van der Waals surface area contributed by atoms with Crippen molar-refractivity contribution in [3.05, 3.63) is 47.5 Å². The first kappa shape index (κ1) is 17.1. The Kier molecular flexibility index (Phi) is 4.45. The zero-order valence-corrected chi connectivity index (χ0v) is 13.7. The Morgan fingerprint density at radius 3 is 2.33 bits per heavy atom. The van der Waals surface area contributed by atoms with Crippen LogP contribution in [0.1, 0.15) is 49.7 Å². The zero-order valence-electron chi connectivity index (χ0n) is 13.7. The summed E-state index contributed by atoms with van der Waals surface area (Å²) < 4.78 is 39.2. The Morgan fingerprint density at radius 1 is 1.12 bits per heavy atom. The lowest BCUT2D eigenvalue weighted by atomic mass is 9.76. The number of carbonyl (C=O) groups excluding carboxylic acids is 1. The van der Waals surface area contributed by atoms with Crippen molar-refractivity contribution in [2.24, 2.45) is 0 Å². The van der Waals surface area contributed by atoms with Gasteiger partial charge in [-0.3, -0.25) is 4.79 Å². The number of benzene rings is 1. The van der Waals surface area contributed by atoms with Crippen molar-refractivity contribution < 1.29 is 18.0 Å². The monoisotopic (exact) mass is 337 g/mol. The molecule has 1 amide bonds. The fraction of sp³-hybridized carbons (Fsp3) is 0.526. The molecule has 0 unspecified atom stereocenters. The van der Waals surface area contributed by atoms with Crippen molar-refractivity contribution in [2.75, 3.05) is 13.1 Å². The van der Waals surface area contributed by atoms with Crippen LogP contribution in [0.5, 0.6) is 0 Å². The Bertz CT molecular complexity index is 634. The zero-order chi connectivity index (χ0) is 17.4. The molecule has 0 radical (unpaired) electrons. The number of hydrogen-bond acceptors (Lipinski definition) is 1. The van der Waals surface area contributed by atoms with Gasteiger partial charge in [-0.05, 0) is 37.3 Å². The van der Waals surface area contributed by atoms with Crippen LogP contribution >= 0.6 is 0 Å². The summed E-state index contributed by atoms with van der Waals surface area (Å²) in [6.45, 7) is 5.20. The molecule has 0 bridgehead atoms. The minimum atomic E-state index is -4.39. The highest BCUT2D eigenvalue weighted by atomic mass is 19.4. The molecule has 1 aliphatic carbocycles. The van der Waals surface area contributed by atoms with Gasteiger partial charge >= 0.3 is 6.18 Å². The van der Waals surface area contributed by atoms with Gasteiger partial charge in [0.2, 0.25) is 5.91 Å². The molecular formula is C19H22F3NO. The molecule has 1 saturated carbocycles. The van der Waals surface area contributed by atoms with Gasteiger partial charge in [-0.25, -0.2) is 0 Å². The third-order valence-corrected chi connectivity index (χ3v) is 5.37. The van der Waals surface area contributed by atoms with Crippen LogP contribution in [0.2, 0.25) is 0 Å². The molecule has 2 fully saturated rings. The summed E-state index contributed by atoms with van der Waals surface area (Å²) in [4.78, 5) is 15.0. The normalized spacial score (nSPS) is 21.1. The number of amides is 1. The van der Waals surface area contributed by atoms with Gasteiger partial charge in [0.1, 0.15) is 0 Å². The molecule has 0 N–H and O–H groups in total. The highest BCUT2D eigenvalue weighted by Gasteiger charge is 2.46. The minimum Gasteiger partial charge on any atom is -0.341 e. The number of alkyl halides is 3. The van der Waals surface area contributed by atoms with E-state index in [4.69, 9.17) is 0 Å². The van der Waals surface area contributed by atoms with Crippen LogP contribution in [0.25, 0.3) is 0 Å². The first-order valence-corrected chi connectivity index (χ1v) is 8.47. The number of hydrogen-bond donors (Lipinski definition) is 0. The van der Waals surface area contributed by atoms with E-state index in [1.54, 1.807) is 6.07 Å². The Balaban J connectivity index is 1.94. The number of carbonyl (C=O) groups is 1. The maximum absolute atomic E-state index is 13.2. The number of piperidine rings is 1. The first-order chi connectivity index (χ1) is 11.3. The van der Waals surface area contributed by atoms with Gasteiger partial charge < -0.3 is 4.90 Å². The Labute approximate surface area is 140 Å². The van der Waals surface area contributed by atoms with E-state index in [9.17, 15) is 18.0 Å². The molecule has 0 atom stereocenters. The SMILES string of the molecule is C=C1CCN(C(=O)C2(c3cccc(C(F)(F)F)c3)CCCC2)CC1. The molecule has 2 aliphatic rings. The van der Waals surface area contributed by atoms with Crippen molar-refractivity contribution in [1.29, 1.82) is 0 Å². The van der Waals surface area contributed by atoms with Crippen LogP contribution in [0, 0.1) is 0 Å². The number of likely N-dealkylation sites (tertiary alicyclic amines) is 1. The number of rotatable bonds is 2. The van der Waals surface area contributed by atoms with E-state index in [0.717, 1.165) is 37.3 Å². The van der Waals surface area contributed by atoms with Crippen molar-refractivity contribution in [2.45, 2.75) is 50.1 Å². The van der Waals surface area contributed by atoms with Crippen LogP contribution in [-0.4, -0.2) is 23.9 Å². The van der Waals surface area contributed by atoms with Crippen LogP contribution < -0.4 is 0 Å². The van der Waals surface area contributed by atoms with Crippen LogP contribution in [-0.2, 0) is 16.4 Å². The molecule has 1 heterocycles. The second kappa shape index (κ2) is 6.26. The first-order valence-electron chi connectivity index (χ1n) is 8.47. The van der Waals surface area contributed by atoms with Gasteiger partial charge in [0.25, 0.3) is 0 Å². The molecule has 1 aromatic carbocycles. The van der Waals surface area contributed by atoms with Crippen LogP contribution in [0.15, 0.2) is 36.4 Å². The molecule has 5 heteroatoms. The molecule has 2 nitrogen and oxygen atoms in total. The van der Waals surface area contributed by atoms with Crippen LogP contribution in [0.4, 0.5) is 13.2 Å². The smallest absolute Gasteiger partial charge is 0.341 e. The van der Waals surface area contributed by atoms with E-state index >= 15 is 0 Å². The van der Waals surface area contributed by atoms with Crippen molar-refractivity contribution >= 4 is 5.91 Å². The molecule has 0 aromatic heterocycles. The van der Waals surface area contributed by atoms with E-state index in [1.165, 1.54) is 12.1 Å². The molecule has 1 aliphatic heterocycles. The van der Waals surface area contributed by atoms with E-state index < -0.39 is 17.2 Å². The quantitative estimate of drug-likeness (QED) is 0.717. The molecule has 0 spiro atoms. The van der Waals surface area contributed by atoms with E-state index in [0.29, 0.717) is 31.5 Å². The van der Waals surface area contributed by atoms with E-state index in [2.05, 4.69) is 6.58 Å². The largest absolute Gasteiger partial charge is 0.416 e. The lowest BCUT2D eigenvalue weighted by Gasteiger charge is -2.37. The Hall–Kier alpha value is -1.78. The second-order valence-corrected chi connectivity index (χ2v) is 6.91. The van der Waals surface area contributed by atoms with Gasteiger partial charge in [0.15, 0.2) is 0 Å². The molecular weight excluding hydrogens is 315 g/mol. The van der Waals surface area contributed by atoms with Gasteiger partial charge in [-0.2, -0.15) is 13.2 Å². The summed E-state index contributed by atoms with van der Waals surface area (Å²) in [5, 5.41) is 0. The third kappa shape index (κ3) is 3.08. The lowest BCUT2D eigenvalue weighted by Crippen LogP contribution is -2.47. The van der Waals surface area contributed by atoms with Crippen molar-refractivity contribution in [1.82, 2.24) is 4.90 Å². The molecule has 1 saturated heterocycles. The van der Waals surface area contributed by atoms with E-state index in [1.807, 2.05) is 4.90 Å². The summed E-state index contributed by atoms with van der Waals surface area (Å²) in [6, 6.07) is 5.35. The highest BCUT2D eigenvalue weighted by molar-refractivity contribution is 5.89. The number of nitrogens with zero attached hydrogens (tertiary/aromatic N) is 1. The number of halogens is 3. The molecule has 24 heavy (non-hydrogen) atoms. The van der Waals surface area contributed by atoms with Crippen LogP contribution in [0.3, 0.4) is 0 Å². The summed E-state index contributed by atoms with van der Waals surface area (Å²) in [7, 11) is 0. The maximum Gasteiger partial charge on any atom is 0.416 e. The average Bonchev–Trinajstić information content (AvgIpc) is 3.05. The maximum atomic E-state index is 13.2. The predicted molar refractivity (Wildman–Crippen MR) is 86.5 cm³/mol. The average molecular weight is 337 g/mol. The summed E-state index contributed by atoms with van der Waals surface area (Å²) in [5.74, 6) is -0.00757. The third-order valence-electron chi connectivity index (χ3n) is 5.37. The summed E-state index contributed by atoms with van der Waals surface area (Å²) >= 11 is 0. The molecule has 3 rings (SSSR count).